The van der Waals surface area contributed by atoms with Gasteiger partial charge in [-0.05, 0) is 29.8 Å². The second-order valence-electron chi connectivity index (χ2n) is 8.33. The minimum Gasteiger partial charge on any atom is -0.491 e. The Morgan fingerprint density at radius 3 is 2.41 bits per heavy atom. The van der Waals surface area contributed by atoms with Gasteiger partial charge < -0.3 is 19.5 Å². The van der Waals surface area contributed by atoms with E-state index in [4.69, 9.17) is 4.74 Å². The van der Waals surface area contributed by atoms with E-state index in [1.807, 2.05) is 30.3 Å². The number of carbonyl (C=O) groups excluding carboxylic acids is 1. The lowest BCUT2D eigenvalue weighted by Gasteiger charge is -2.36. The van der Waals surface area contributed by atoms with Crippen LogP contribution in [0, 0.1) is 5.82 Å². The van der Waals surface area contributed by atoms with Gasteiger partial charge in [0.25, 0.3) is 0 Å². The van der Waals surface area contributed by atoms with Gasteiger partial charge in [0.1, 0.15) is 12.4 Å². The summed E-state index contributed by atoms with van der Waals surface area (Å²) in [4.78, 5) is 29.5. The summed E-state index contributed by atoms with van der Waals surface area (Å²) in [6.45, 7) is 4.25. The summed E-state index contributed by atoms with van der Waals surface area (Å²) in [5.41, 5.74) is 2.57. The van der Waals surface area contributed by atoms with Crippen molar-refractivity contribution in [2.75, 3.05) is 38.2 Å². The van der Waals surface area contributed by atoms with Crippen LogP contribution < -0.4 is 20.4 Å². The number of carbonyl (C=O) groups is 1. The lowest BCUT2D eigenvalue weighted by Crippen LogP contribution is -2.46. The van der Waals surface area contributed by atoms with Crippen LogP contribution >= 0.6 is 0 Å². The zero-order valence-corrected chi connectivity index (χ0v) is 19.2. The SMILES string of the molecule is COc1cn(CC(=O)NCc2ccccc2)c(CN2CCN(c3ccc(F)cc3)CC2)cc1=O. The van der Waals surface area contributed by atoms with E-state index in [9.17, 15) is 14.0 Å². The molecule has 7 nitrogen and oxygen atoms in total. The van der Waals surface area contributed by atoms with E-state index in [2.05, 4.69) is 15.1 Å². The minimum absolute atomic E-state index is 0.0916. The van der Waals surface area contributed by atoms with Gasteiger partial charge in [0.2, 0.25) is 11.3 Å². The van der Waals surface area contributed by atoms with Crippen LogP contribution in [0.15, 0.2) is 71.7 Å². The third-order valence-electron chi connectivity index (χ3n) is 6.00. The largest absolute Gasteiger partial charge is 0.491 e. The predicted octanol–water partition coefficient (Wildman–Crippen LogP) is 2.63. The maximum absolute atomic E-state index is 13.2. The number of halogens is 1. The Morgan fingerprint density at radius 1 is 1.03 bits per heavy atom. The van der Waals surface area contributed by atoms with E-state index in [0.717, 1.165) is 43.1 Å². The van der Waals surface area contributed by atoms with Gasteiger partial charge in [-0.15, -0.1) is 0 Å². The van der Waals surface area contributed by atoms with Crippen molar-refractivity contribution < 1.29 is 13.9 Å². The monoisotopic (exact) mass is 464 g/mol. The summed E-state index contributed by atoms with van der Waals surface area (Å²) in [5.74, 6) is -0.176. The van der Waals surface area contributed by atoms with Crippen molar-refractivity contribution in [2.45, 2.75) is 19.6 Å². The highest BCUT2D eigenvalue weighted by Crippen LogP contribution is 2.18. The van der Waals surface area contributed by atoms with Gasteiger partial charge >= 0.3 is 0 Å². The number of ether oxygens (including phenoxy) is 1. The molecule has 0 bridgehead atoms. The number of anilines is 1. The summed E-state index contributed by atoms with van der Waals surface area (Å²) < 4.78 is 20.2. The minimum atomic E-state index is -0.243. The number of nitrogens with one attached hydrogen (secondary N) is 1. The molecule has 2 aromatic carbocycles. The van der Waals surface area contributed by atoms with Crippen molar-refractivity contribution >= 4 is 11.6 Å². The van der Waals surface area contributed by atoms with Crippen molar-refractivity contribution in [3.63, 3.8) is 0 Å². The number of hydrogen-bond donors (Lipinski definition) is 1. The molecule has 3 aromatic rings. The second-order valence-corrected chi connectivity index (χ2v) is 8.33. The predicted molar refractivity (Wildman–Crippen MR) is 129 cm³/mol. The molecule has 1 aliphatic heterocycles. The van der Waals surface area contributed by atoms with Crippen molar-refractivity contribution in [3.8, 4) is 5.75 Å². The quantitative estimate of drug-likeness (QED) is 0.555. The first-order valence-electron chi connectivity index (χ1n) is 11.3. The van der Waals surface area contributed by atoms with E-state index < -0.39 is 0 Å². The highest BCUT2D eigenvalue weighted by atomic mass is 19.1. The van der Waals surface area contributed by atoms with Crippen LogP contribution in [0.25, 0.3) is 0 Å². The molecule has 0 atom stereocenters. The van der Waals surface area contributed by atoms with Crippen molar-refractivity contribution in [1.29, 1.82) is 0 Å². The fraction of sp³-hybridized carbons (Fsp3) is 0.308. The van der Waals surface area contributed by atoms with Gasteiger partial charge in [-0.1, -0.05) is 30.3 Å². The molecule has 0 unspecified atom stereocenters. The Morgan fingerprint density at radius 2 is 1.74 bits per heavy atom. The highest BCUT2D eigenvalue weighted by Gasteiger charge is 2.19. The number of aromatic nitrogens is 1. The molecule has 1 fully saturated rings. The van der Waals surface area contributed by atoms with Crippen LogP contribution in [-0.4, -0.2) is 48.7 Å². The number of pyridine rings is 1. The number of hydrogen-bond acceptors (Lipinski definition) is 5. The Bertz CT molecular complexity index is 1160. The third kappa shape index (κ3) is 6.02. The smallest absolute Gasteiger partial charge is 0.240 e. The average molecular weight is 465 g/mol. The molecule has 1 saturated heterocycles. The van der Waals surface area contributed by atoms with E-state index in [-0.39, 0.29) is 29.4 Å². The summed E-state index contributed by atoms with van der Waals surface area (Å²) in [6.07, 6.45) is 1.61. The van der Waals surface area contributed by atoms with Crippen LogP contribution in [0.4, 0.5) is 10.1 Å². The molecule has 178 valence electrons. The second kappa shape index (κ2) is 11.0. The Balaban J connectivity index is 1.41. The molecule has 1 aliphatic rings. The fourth-order valence-electron chi connectivity index (χ4n) is 4.08. The molecular formula is C26H29FN4O3. The van der Waals surface area contributed by atoms with Crippen molar-refractivity contribution in [2.24, 2.45) is 0 Å². The summed E-state index contributed by atoms with van der Waals surface area (Å²) in [5, 5.41) is 2.93. The molecule has 0 aliphatic carbocycles. The first kappa shape index (κ1) is 23.5. The molecule has 1 amide bonds. The van der Waals surface area contributed by atoms with Gasteiger partial charge in [0.05, 0.1) is 13.3 Å². The van der Waals surface area contributed by atoms with E-state index in [0.29, 0.717) is 13.1 Å². The molecule has 1 aromatic heterocycles. The van der Waals surface area contributed by atoms with Gasteiger partial charge in [0.15, 0.2) is 5.75 Å². The molecule has 1 N–H and O–H groups in total. The molecular weight excluding hydrogens is 435 g/mol. The normalized spacial score (nSPS) is 14.1. The average Bonchev–Trinajstić information content (AvgIpc) is 2.86. The zero-order chi connectivity index (χ0) is 23.9. The summed E-state index contributed by atoms with van der Waals surface area (Å²) in [6, 6.07) is 17.8. The summed E-state index contributed by atoms with van der Waals surface area (Å²) in [7, 11) is 1.45. The van der Waals surface area contributed by atoms with Crippen molar-refractivity contribution in [1.82, 2.24) is 14.8 Å². The van der Waals surface area contributed by atoms with Gasteiger partial charge in [-0.3, -0.25) is 14.5 Å². The first-order valence-corrected chi connectivity index (χ1v) is 11.3. The number of piperazine rings is 1. The lowest BCUT2D eigenvalue weighted by molar-refractivity contribution is -0.121. The molecule has 0 saturated carbocycles. The third-order valence-corrected chi connectivity index (χ3v) is 6.00. The molecule has 0 spiro atoms. The fourth-order valence-corrected chi connectivity index (χ4v) is 4.08. The maximum atomic E-state index is 13.2. The Labute approximate surface area is 198 Å². The van der Waals surface area contributed by atoms with Crippen LogP contribution in [0.3, 0.4) is 0 Å². The van der Waals surface area contributed by atoms with E-state index in [1.165, 1.54) is 19.2 Å². The number of amides is 1. The van der Waals surface area contributed by atoms with Gasteiger partial charge in [-0.25, -0.2) is 4.39 Å². The Hall–Kier alpha value is -3.65. The number of benzene rings is 2. The number of methoxy groups -OCH3 is 1. The molecule has 8 heteroatoms. The van der Waals surface area contributed by atoms with Crippen LogP contribution in [0.1, 0.15) is 11.3 Å². The molecule has 2 heterocycles. The standard InChI is InChI=1S/C26H29FN4O3/c1-34-25-18-31(19-26(33)28-16-20-5-3-2-4-6-20)23(15-24(25)32)17-29-11-13-30(14-12-29)22-9-7-21(27)8-10-22/h2-10,15,18H,11-14,16-17,19H2,1H3,(H,28,33). The number of nitrogens with zero attached hydrogens (tertiary/aromatic N) is 3. The maximum Gasteiger partial charge on any atom is 0.240 e. The van der Waals surface area contributed by atoms with E-state index in [1.54, 1.807) is 29.0 Å². The van der Waals surface area contributed by atoms with Gasteiger partial charge in [0, 0.05) is 56.7 Å². The van der Waals surface area contributed by atoms with Crippen LogP contribution in [0.2, 0.25) is 0 Å². The first-order chi connectivity index (χ1) is 16.5. The van der Waals surface area contributed by atoms with E-state index >= 15 is 0 Å². The van der Waals surface area contributed by atoms with Gasteiger partial charge in [-0.2, -0.15) is 0 Å². The number of rotatable bonds is 8. The lowest BCUT2D eigenvalue weighted by atomic mass is 10.2. The Kier molecular flexibility index (Phi) is 7.59. The van der Waals surface area contributed by atoms with Crippen LogP contribution in [-0.2, 0) is 24.4 Å². The zero-order valence-electron chi connectivity index (χ0n) is 19.2. The van der Waals surface area contributed by atoms with Crippen LogP contribution in [0.5, 0.6) is 5.75 Å². The molecule has 0 radical (unpaired) electrons. The highest BCUT2D eigenvalue weighted by molar-refractivity contribution is 5.75. The summed E-state index contributed by atoms with van der Waals surface area (Å²) >= 11 is 0. The topological polar surface area (TPSA) is 66.8 Å². The molecule has 34 heavy (non-hydrogen) atoms. The van der Waals surface area contributed by atoms with Crippen molar-refractivity contribution in [3.05, 3.63) is 94.2 Å². The molecule has 4 rings (SSSR count).